The first kappa shape index (κ1) is 12.9. The van der Waals surface area contributed by atoms with E-state index in [1.165, 1.54) is 25.7 Å². The van der Waals surface area contributed by atoms with Crippen LogP contribution in [0.2, 0.25) is 0 Å². The predicted molar refractivity (Wildman–Crippen MR) is 63.9 cm³/mol. The van der Waals surface area contributed by atoms with Gasteiger partial charge in [0.25, 0.3) is 0 Å². The third kappa shape index (κ3) is 4.96. The van der Waals surface area contributed by atoms with E-state index in [1.807, 2.05) is 0 Å². The lowest BCUT2D eigenvalue weighted by Gasteiger charge is -2.25. The van der Waals surface area contributed by atoms with Crippen LogP contribution in [-0.4, -0.2) is 44.8 Å². The SMILES string of the molecule is COCCCN(C)CC(N)C1CCCC1. The molecule has 0 spiro atoms. The molecule has 1 fully saturated rings. The summed E-state index contributed by atoms with van der Waals surface area (Å²) in [4.78, 5) is 2.34. The molecule has 0 aromatic carbocycles. The van der Waals surface area contributed by atoms with Crippen LogP contribution in [0.15, 0.2) is 0 Å². The summed E-state index contributed by atoms with van der Waals surface area (Å²) in [6, 6.07) is 0.375. The minimum atomic E-state index is 0.375. The third-order valence-electron chi connectivity index (χ3n) is 3.42. The van der Waals surface area contributed by atoms with Crippen LogP contribution in [0.5, 0.6) is 0 Å². The topological polar surface area (TPSA) is 38.5 Å². The van der Waals surface area contributed by atoms with E-state index < -0.39 is 0 Å². The molecule has 3 heteroatoms. The molecule has 90 valence electrons. The highest BCUT2D eigenvalue weighted by atomic mass is 16.5. The van der Waals surface area contributed by atoms with Crippen molar-refractivity contribution in [3.8, 4) is 0 Å². The molecule has 0 aliphatic heterocycles. The maximum atomic E-state index is 6.21. The number of hydrogen-bond acceptors (Lipinski definition) is 3. The molecule has 0 aromatic rings. The van der Waals surface area contributed by atoms with E-state index in [1.54, 1.807) is 7.11 Å². The van der Waals surface area contributed by atoms with E-state index in [9.17, 15) is 0 Å². The largest absolute Gasteiger partial charge is 0.385 e. The highest BCUT2D eigenvalue weighted by Crippen LogP contribution is 2.26. The van der Waals surface area contributed by atoms with Gasteiger partial charge in [-0.1, -0.05) is 12.8 Å². The maximum absolute atomic E-state index is 6.21. The zero-order valence-corrected chi connectivity index (χ0v) is 10.2. The van der Waals surface area contributed by atoms with Gasteiger partial charge in [-0.05, 0) is 32.2 Å². The van der Waals surface area contributed by atoms with Gasteiger partial charge < -0.3 is 15.4 Å². The van der Waals surface area contributed by atoms with Crippen LogP contribution in [0.1, 0.15) is 32.1 Å². The minimum Gasteiger partial charge on any atom is -0.385 e. The van der Waals surface area contributed by atoms with Crippen LogP contribution >= 0.6 is 0 Å². The number of likely N-dealkylation sites (N-methyl/N-ethyl adjacent to an activating group) is 1. The van der Waals surface area contributed by atoms with Gasteiger partial charge >= 0.3 is 0 Å². The summed E-state index contributed by atoms with van der Waals surface area (Å²) >= 11 is 0. The lowest BCUT2D eigenvalue weighted by atomic mass is 9.99. The summed E-state index contributed by atoms with van der Waals surface area (Å²) in [7, 11) is 3.91. The third-order valence-corrected chi connectivity index (χ3v) is 3.42. The van der Waals surface area contributed by atoms with Gasteiger partial charge in [0.1, 0.15) is 0 Å². The Morgan fingerprint density at radius 2 is 2.07 bits per heavy atom. The normalized spacial score (nSPS) is 20.0. The average Bonchev–Trinajstić information content (AvgIpc) is 2.70. The van der Waals surface area contributed by atoms with E-state index in [0.717, 1.165) is 32.0 Å². The van der Waals surface area contributed by atoms with Crippen molar-refractivity contribution in [2.45, 2.75) is 38.1 Å². The fourth-order valence-corrected chi connectivity index (χ4v) is 2.46. The Balaban J connectivity index is 2.10. The van der Waals surface area contributed by atoms with Gasteiger partial charge in [0, 0.05) is 32.8 Å². The number of rotatable bonds is 7. The molecule has 1 atom stereocenters. The van der Waals surface area contributed by atoms with E-state index >= 15 is 0 Å². The Bertz CT molecular complexity index is 158. The maximum Gasteiger partial charge on any atom is 0.0474 e. The molecule has 1 saturated carbocycles. The molecule has 15 heavy (non-hydrogen) atoms. The fourth-order valence-electron chi connectivity index (χ4n) is 2.46. The molecule has 3 nitrogen and oxygen atoms in total. The molecule has 0 heterocycles. The molecule has 1 aliphatic rings. The number of ether oxygens (including phenoxy) is 1. The second-order valence-corrected chi connectivity index (χ2v) is 4.82. The Morgan fingerprint density at radius 3 is 2.67 bits per heavy atom. The standard InChI is InChI=1S/C12H26N2O/c1-14(8-5-9-15-2)10-12(13)11-6-3-4-7-11/h11-12H,3-10,13H2,1-2H3. The van der Waals surface area contributed by atoms with Crippen LogP contribution < -0.4 is 5.73 Å². The quantitative estimate of drug-likeness (QED) is 0.652. The summed E-state index contributed by atoms with van der Waals surface area (Å²) in [5.41, 5.74) is 6.21. The van der Waals surface area contributed by atoms with Crippen molar-refractivity contribution in [3.63, 3.8) is 0 Å². The second-order valence-electron chi connectivity index (χ2n) is 4.82. The first-order valence-corrected chi connectivity index (χ1v) is 6.17. The molecule has 1 rings (SSSR count). The van der Waals surface area contributed by atoms with Crippen molar-refractivity contribution in [1.82, 2.24) is 4.90 Å². The summed E-state index contributed by atoms with van der Waals surface area (Å²) in [6.45, 7) is 2.98. The molecular formula is C12H26N2O. The van der Waals surface area contributed by atoms with E-state index in [2.05, 4.69) is 11.9 Å². The fraction of sp³-hybridized carbons (Fsp3) is 1.00. The first-order chi connectivity index (χ1) is 7.24. The van der Waals surface area contributed by atoms with Gasteiger partial charge in [0.05, 0.1) is 0 Å². The molecule has 0 aromatic heterocycles. The summed E-state index contributed by atoms with van der Waals surface area (Å²) in [5, 5.41) is 0. The van der Waals surface area contributed by atoms with Crippen LogP contribution in [-0.2, 0) is 4.74 Å². The van der Waals surface area contributed by atoms with Crippen molar-refractivity contribution >= 4 is 0 Å². The second kappa shape index (κ2) is 7.20. The predicted octanol–water partition coefficient (Wildman–Crippen LogP) is 1.47. The van der Waals surface area contributed by atoms with Crippen molar-refractivity contribution in [2.24, 2.45) is 11.7 Å². The van der Waals surface area contributed by atoms with E-state index in [-0.39, 0.29) is 0 Å². The van der Waals surface area contributed by atoms with Gasteiger partial charge in [-0.15, -0.1) is 0 Å². The van der Waals surface area contributed by atoms with E-state index in [0.29, 0.717) is 6.04 Å². The smallest absolute Gasteiger partial charge is 0.0474 e. The Labute approximate surface area is 94.0 Å². The monoisotopic (exact) mass is 214 g/mol. The van der Waals surface area contributed by atoms with Crippen molar-refractivity contribution < 1.29 is 4.74 Å². The number of nitrogens with two attached hydrogens (primary N) is 1. The minimum absolute atomic E-state index is 0.375. The van der Waals surface area contributed by atoms with E-state index in [4.69, 9.17) is 10.5 Å². The highest BCUT2D eigenvalue weighted by Gasteiger charge is 2.22. The molecule has 0 bridgehead atoms. The Kier molecular flexibility index (Phi) is 6.22. The molecule has 2 N–H and O–H groups in total. The molecular weight excluding hydrogens is 188 g/mol. The van der Waals surface area contributed by atoms with Gasteiger partial charge in [0.15, 0.2) is 0 Å². The number of hydrogen-bond donors (Lipinski definition) is 1. The average molecular weight is 214 g/mol. The van der Waals surface area contributed by atoms with Crippen LogP contribution in [0.4, 0.5) is 0 Å². The number of nitrogens with zero attached hydrogens (tertiary/aromatic N) is 1. The van der Waals surface area contributed by atoms with Crippen molar-refractivity contribution in [2.75, 3.05) is 33.9 Å². The first-order valence-electron chi connectivity index (χ1n) is 6.17. The summed E-state index contributed by atoms with van der Waals surface area (Å²) < 4.78 is 5.04. The molecule has 0 amide bonds. The number of methoxy groups -OCH3 is 1. The van der Waals surface area contributed by atoms with Gasteiger partial charge in [-0.25, -0.2) is 0 Å². The van der Waals surface area contributed by atoms with Gasteiger partial charge in [0.2, 0.25) is 0 Å². The summed E-state index contributed by atoms with van der Waals surface area (Å²) in [6.07, 6.45) is 6.54. The Morgan fingerprint density at radius 1 is 1.40 bits per heavy atom. The van der Waals surface area contributed by atoms with Gasteiger partial charge in [-0.3, -0.25) is 0 Å². The molecule has 1 aliphatic carbocycles. The zero-order chi connectivity index (χ0) is 11.1. The van der Waals surface area contributed by atoms with Crippen LogP contribution in [0.3, 0.4) is 0 Å². The molecule has 0 radical (unpaired) electrons. The molecule has 0 saturated heterocycles. The summed E-state index contributed by atoms with van der Waals surface area (Å²) in [5.74, 6) is 0.773. The van der Waals surface area contributed by atoms with Crippen LogP contribution in [0.25, 0.3) is 0 Å². The Hall–Kier alpha value is -0.120. The molecule has 1 unspecified atom stereocenters. The van der Waals surface area contributed by atoms with Crippen molar-refractivity contribution in [1.29, 1.82) is 0 Å². The zero-order valence-electron chi connectivity index (χ0n) is 10.2. The van der Waals surface area contributed by atoms with Gasteiger partial charge in [-0.2, -0.15) is 0 Å². The lowest BCUT2D eigenvalue weighted by Crippen LogP contribution is -2.40. The highest BCUT2D eigenvalue weighted by molar-refractivity contribution is 4.79. The van der Waals surface area contributed by atoms with Crippen molar-refractivity contribution in [3.05, 3.63) is 0 Å². The lowest BCUT2D eigenvalue weighted by molar-refractivity contribution is 0.174. The van der Waals surface area contributed by atoms with Crippen LogP contribution in [0, 0.1) is 5.92 Å².